The van der Waals surface area contributed by atoms with Crippen LogP contribution in [0.5, 0.6) is 0 Å². The van der Waals surface area contributed by atoms with Gasteiger partial charge in [-0.15, -0.1) is 0 Å². The molecule has 4 nitrogen and oxygen atoms in total. The zero-order valence-electron chi connectivity index (χ0n) is 6.54. The number of carboxylic acids is 1. The van der Waals surface area contributed by atoms with E-state index in [0.717, 1.165) is 0 Å². The van der Waals surface area contributed by atoms with Crippen molar-refractivity contribution in [2.45, 2.75) is 25.5 Å². The molecule has 1 unspecified atom stereocenters. The molecule has 0 spiro atoms. The summed E-state index contributed by atoms with van der Waals surface area (Å²) in [5.74, 6) is -0.785. The smallest absolute Gasteiger partial charge is 0.320 e. The first-order chi connectivity index (χ1) is 5.24. The molecule has 0 aromatic carbocycles. The van der Waals surface area contributed by atoms with Crippen LogP contribution in [0.4, 0.5) is 0 Å². The Morgan fingerprint density at radius 2 is 2.55 bits per heavy atom. The van der Waals surface area contributed by atoms with Gasteiger partial charge in [-0.25, -0.2) is 0 Å². The third-order valence-electron chi connectivity index (χ3n) is 1.79. The van der Waals surface area contributed by atoms with Crippen LogP contribution >= 0.6 is 0 Å². The second-order valence-electron chi connectivity index (χ2n) is 2.61. The number of carbonyl (C=O) groups is 1. The van der Waals surface area contributed by atoms with Crippen molar-refractivity contribution in [2.75, 3.05) is 13.2 Å². The second kappa shape index (κ2) is 3.69. The number of carboxylic acid groups (broad SMARTS) is 1. The van der Waals surface area contributed by atoms with Gasteiger partial charge in [-0.2, -0.15) is 0 Å². The predicted octanol–water partition coefficient (Wildman–Crippen LogP) is -0.162. The fraction of sp³-hybridized carbons (Fsp3) is 0.857. The largest absolute Gasteiger partial charge is 0.480 e. The number of hydrogen-bond donors (Lipinski definition) is 2. The fourth-order valence-electron chi connectivity index (χ4n) is 1.25. The molecule has 11 heavy (non-hydrogen) atoms. The summed E-state index contributed by atoms with van der Waals surface area (Å²) in [6.45, 7) is 3.22. The van der Waals surface area contributed by atoms with Crippen LogP contribution < -0.4 is 5.32 Å². The highest BCUT2D eigenvalue weighted by atomic mass is 16.5. The average molecular weight is 159 g/mol. The predicted molar refractivity (Wildman–Crippen MR) is 39.5 cm³/mol. The molecule has 1 saturated heterocycles. The van der Waals surface area contributed by atoms with E-state index < -0.39 is 12.0 Å². The van der Waals surface area contributed by atoms with Crippen LogP contribution in [0.1, 0.15) is 13.3 Å². The summed E-state index contributed by atoms with van der Waals surface area (Å²) in [4.78, 5) is 10.4. The Kier molecular flexibility index (Phi) is 2.84. The third-order valence-corrected chi connectivity index (χ3v) is 1.79. The van der Waals surface area contributed by atoms with Gasteiger partial charge in [0.2, 0.25) is 0 Å². The van der Waals surface area contributed by atoms with Crippen LogP contribution in [0, 0.1) is 0 Å². The molecule has 0 aromatic rings. The molecule has 2 N–H and O–H groups in total. The van der Waals surface area contributed by atoms with Gasteiger partial charge in [-0.3, -0.25) is 4.79 Å². The first-order valence-corrected chi connectivity index (χ1v) is 3.81. The van der Waals surface area contributed by atoms with Crippen molar-refractivity contribution in [2.24, 2.45) is 0 Å². The van der Waals surface area contributed by atoms with Crippen molar-refractivity contribution >= 4 is 5.97 Å². The molecule has 0 saturated carbocycles. The molecular formula is C7H13NO3. The van der Waals surface area contributed by atoms with Gasteiger partial charge in [-0.1, -0.05) is 0 Å². The van der Waals surface area contributed by atoms with Gasteiger partial charge in [0.1, 0.15) is 6.04 Å². The van der Waals surface area contributed by atoms with Crippen molar-refractivity contribution in [3.63, 3.8) is 0 Å². The van der Waals surface area contributed by atoms with E-state index in [1.807, 2.05) is 6.92 Å². The first kappa shape index (κ1) is 8.49. The Morgan fingerprint density at radius 1 is 1.82 bits per heavy atom. The molecule has 1 aliphatic rings. The van der Waals surface area contributed by atoms with Gasteiger partial charge < -0.3 is 15.2 Å². The Labute approximate surface area is 65.5 Å². The maximum absolute atomic E-state index is 10.4. The molecule has 1 heterocycles. The summed E-state index contributed by atoms with van der Waals surface area (Å²) in [7, 11) is 0. The molecule has 0 amide bonds. The van der Waals surface area contributed by atoms with Gasteiger partial charge in [0, 0.05) is 19.6 Å². The lowest BCUT2D eigenvalue weighted by Crippen LogP contribution is -2.29. The van der Waals surface area contributed by atoms with Crippen LogP contribution in [-0.2, 0) is 9.53 Å². The van der Waals surface area contributed by atoms with E-state index in [4.69, 9.17) is 9.84 Å². The fourth-order valence-corrected chi connectivity index (χ4v) is 1.25. The van der Waals surface area contributed by atoms with Crippen LogP contribution in [0.15, 0.2) is 0 Å². The van der Waals surface area contributed by atoms with Crippen molar-refractivity contribution in [1.82, 2.24) is 5.32 Å². The molecule has 1 fully saturated rings. The molecule has 64 valence electrons. The van der Waals surface area contributed by atoms with Gasteiger partial charge in [0.25, 0.3) is 0 Å². The summed E-state index contributed by atoms with van der Waals surface area (Å²) in [5.41, 5.74) is 0. The second-order valence-corrected chi connectivity index (χ2v) is 2.61. The maximum atomic E-state index is 10.4. The highest BCUT2D eigenvalue weighted by Gasteiger charge is 2.28. The summed E-state index contributed by atoms with van der Waals surface area (Å²) in [6, 6.07) is -0.411. The van der Waals surface area contributed by atoms with Crippen molar-refractivity contribution in [3.05, 3.63) is 0 Å². The number of hydrogen-bond acceptors (Lipinski definition) is 3. The van der Waals surface area contributed by atoms with E-state index in [0.29, 0.717) is 19.6 Å². The van der Waals surface area contributed by atoms with E-state index >= 15 is 0 Å². The monoisotopic (exact) mass is 159 g/mol. The van der Waals surface area contributed by atoms with E-state index in [1.54, 1.807) is 0 Å². The zero-order valence-corrected chi connectivity index (χ0v) is 6.54. The molecular weight excluding hydrogens is 146 g/mol. The minimum Gasteiger partial charge on any atom is -0.480 e. The minimum absolute atomic E-state index is 0.0844. The van der Waals surface area contributed by atoms with Crippen molar-refractivity contribution in [1.29, 1.82) is 0 Å². The van der Waals surface area contributed by atoms with Crippen LogP contribution in [-0.4, -0.2) is 36.4 Å². The van der Waals surface area contributed by atoms with Gasteiger partial charge >= 0.3 is 5.97 Å². The van der Waals surface area contributed by atoms with E-state index in [-0.39, 0.29) is 6.10 Å². The molecule has 2 atom stereocenters. The van der Waals surface area contributed by atoms with E-state index in [1.165, 1.54) is 0 Å². The Bertz CT molecular complexity index is 149. The Hall–Kier alpha value is -0.610. The first-order valence-electron chi connectivity index (χ1n) is 3.81. The topological polar surface area (TPSA) is 58.6 Å². The SMILES string of the molecule is CCOC1CN[C@@H](C(=O)O)C1. The number of aliphatic carboxylic acids is 1. The standard InChI is InChI=1S/C7H13NO3/c1-2-11-5-3-6(7(9)10)8-4-5/h5-6,8H,2-4H2,1H3,(H,9,10)/t5?,6-/m1/s1. The summed E-state index contributed by atoms with van der Waals surface area (Å²) < 4.78 is 5.26. The van der Waals surface area contributed by atoms with Crippen LogP contribution in [0.25, 0.3) is 0 Å². The molecule has 0 bridgehead atoms. The molecule has 4 heteroatoms. The minimum atomic E-state index is -0.785. The molecule has 0 aliphatic carbocycles. The lowest BCUT2D eigenvalue weighted by molar-refractivity contribution is -0.139. The Balaban J connectivity index is 2.29. The quantitative estimate of drug-likeness (QED) is 0.600. The number of nitrogens with one attached hydrogen (secondary N) is 1. The van der Waals surface area contributed by atoms with Gasteiger partial charge in [0.05, 0.1) is 6.10 Å². The summed E-state index contributed by atoms with van der Waals surface area (Å²) in [6.07, 6.45) is 0.671. The highest BCUT2D eigenvalue weighted by molar-refractivity contribution is 5.73. The third kappa shape index (κ3) is 2.17. The lowest BCUT2D eigenvalue weighted by atomic mass is 10.2. The van der Waals surface area contributed by atoms with Gasteiger partial charge in [0.15, 0.2) is 0 Å². The van der Waals surface area contributed by atoms with Gasteiger partial charge in [-0.05, 0) is 6.92 Å². The molecule has 1 rings (SSSR count). The highest BCUT2D eigenvalue weighted by Crippen LogP contribution is 2.09. The molecule has 0 radical (unpaired) electrons. The summed E-state index contributed by atoms with van der Waals surface area (Å²) >= 11 is 0. The summed E-state index contributed by atoms with van der Waals surface area (Å²) in [5, 5.41) is 11.4. The van der Waals surface area contributed by atoms with Crippen molar-refractivity contribution in [3.8, 4) is 0 Å². The van der Waals surface area contributed by atoms with Crippen molar-refractivity contribution < 1.29 is 14.6 Å². The van der Waals surface area contributed by atoms with E-state index in [9.17, 15) is 4.79 Å². The lowest BCUT2D eigenvalue weighted by Gasteiger charge is -2.06. The van der Waals surface area contributed by atoms with E-state index in [2.05, 4.69) is 5.32 Å². The number of rotatable bonds is 3. The zero-order chi connectivity index (χ0) is 8.27. The molecule has 0 aromatic heterocycles. The average Bonchev–Trinajstić information content (AvgIpc) is 2.37. The van der Waals surface area contributed by atoms with Crippen LogP contribution in [0.3, 0.4) is 0 Å². The number of ether oxygens (including phenoxy) is 1. The Morgan fingerprint density at radius 3 is 3.00 bits per heavy atom. The normalized spacial score (nSPS) is 30.6. The van der Waals surface area contributed by atoms with Crippen LogP contribution in [0.2, 0.25) is 0 Å². The molecule has 1 aliphatic heterocycles. The maximum Gasteiger partial charge on any atom is 0.320 e.